The van der Waals surface area contributed by atoms with Gasteiger partial charge in [-0.25, -0.2) is 4.79 Å². The zero-order chi connectivity index (χ0) is 12.5. The van der Waals surface area contributed by atoms with Crippen molar-refractivity contribution in [2.24, 2.45) is 0 Å². The van der Waals surface area contributed by atoms with Crippen molar-refractivity contribution >= 4 is 16.7 Å². The van der Waals surface area contributed by atoms with Gasteiger partial charge in [0.25, 0.3) is 0 Å². The number of hydrogen-bond donors (Lipinski definition) is 1. The number of fused-ring (bicyclic) bond motifs is 1. The maximum atomic E-state index is 12.5. The van der Waals surface area contributed by atoms with E-state index in [0.29, 0.717) is 6.54 Å². The van der Waals surface area contributed by atoms with Crippen molar-refractivity contribution in [3.05, 3.63) is 40.8 Å². The maximum absolute atomic E-state index is 12.5. The number of aryl methyl sites for hydroxylation is 1. The molecule has 0 fully saturated rings. The fourth-order valence-corrected chi connectivity index (χ4v) is 2.61. The first-order valence-corrected chi connectivity index (χ1v) is 6.43. The molecule has 0 atom stereocenters. The number of aromatic nitrogens is 2. The van der Waals surface area contributed by atoms with E-state index in [9.17, 15) is 4.79 Å². The molecular weight excluding hydrogens is 226 g/mol. The predicted molar refractivity (Wildman–Crippen MR) is 73.6 cm³/mol. The number of rotatable bonds is 2. The molecule has 4 heteroatoms. The second-order valence-electron chi connectivity index (χ2n) is 4.50. The Hall–Kier alpha value is -1.81. The topological polar surface area (TPSA) is 39.0 Å². The predicted octanol–water partition coefficient (Wildman–Crippen LogP) is 1.66. The van der Waals surface area contributed by atoms with Crippen molar-refractivity contribution in [1.82, 2.24) is 14.5 Å². The highest BCUT2D eigenvalue weighted by molar-refractivity contribution is 5.80. The van der Waals surface area contributed by atoms with Crippen LogP contribution < -0.4 is 11.0 Å². The van der Waals surface area contributed by atoms with E-state index in [4.69, 9.17) is 0 Å². The van der Waals surface area contributed by atoms with Crippen molar-refractivity contribution in [2.45, 2.75) is 19.9 Å². The summed E-state index contributed by atoms with van der Waals surface area (Å²) in [6.45, 7) is 4.49. The summed E-state index contributed by atoms with van der Waals surface area (Å²) in [7, 11) is 0. The summed E-state index contributed by atoms with van der Waals surface area (Å²) >= 11 is 0. The minimum atomic E-state index is 0.0758. The Bertz CT molecular complexity index is 663. The summed E-state index contributed by atoms with van der Waals surface area (Å²) in [5.74, 6) is 0. The maximum Gasteiger partial charge on any atom is 0.333 e. The van der Waals surface area contributed by atoms with Crippen LogP contribution in [0.25, 0.3) is 16.7 Å². The Balaban J connectivity index is 2.31. The van der Waals surface area contributed by atoms with Gasteiger partial charge in [-0.2, -0.15) is 0 Å². The number of nitrogens with one attached hydrogen (secondary N) is 1. The van der Waals surface area contributed by atoms with E-state index >= 15 is 0 Å². The van der Waals surface area contributed by atoms with Gasteiger partial charge in [-0.3, -0.25) is 9.13 Å². The Labute approximate surface area is 106 Å². The lowest BCUT2D eigenvalue weighted by Gasteiger charge is -2.14. The number of benzene rings is 1. The molecule has 0 bridgehead atoms. The zero-order valence-electron chi connectivity index (χ0n) is 10.5. The molecule has 1 aromatic carbocycles. The molecule has 1 N–H and O–H groups in total. The fraction of sp³-hybridized carbons (Fsp3) is 0.357. The van der Waals surface area contributed by atoms with Crippen LogP contribution in [0.5, 0.6) is 0 Å². The van der Waals surface area contributed by atoms with E-state index in [1.807, 2.05) is 40.3 Å². The van der Waals surface area contributed by atoms with Gasteiger partial charge in [0.1, 0.15) is 0 Å². The summed E-state index contributed by atoms with van der Waals surface area (Å²) in [6, 6.07) is 8.00. The van der Waals surface area contributed by atoms with Crippen molar-refractivity contribution in [3.8, 4) is 0 Å². The molecule has 1 aromatic heterocycles. The van der Waals surface area contributed by atoms with Crippen LogP contribution in [0.4, 0.5) is 0 Å². The van der Waals surface area contributed by atoms with Crippen LogP contribution in [0.1, 0.15) is 13.3 Å². The van der Waals surface area contributed by atoms with Crippen molar-refractivity contribution in [1.29, 1.82) is 0 Å². The molecule has 0 saturated heterocycles. The highest BCUT2D eigenvalue weighted by Crippen LogP contribution is 2.19. The standard InChI is InChI=1S/C14H17N3O/c1-2-16-12-5-3-4-6-13(12)17(14(16)18)11-7-9-15-10-8-11/h3-7,15H,2,8-10H2,1H3. The summed E-state index contributed by atoms with van der Waals surface area (Å²) in [4.78, 5) is 12.5. The van der Waals surface area contributed by atoms with Gasteiger partial charge in [0.2, 0.25) is 0 Å². The molecule has 3 rings (SSSR count). The normalized spacial score (nSPS) is 15.9. The highest BCUT2D eigenvalue weighted by atomic mass is 16.1. The van der Waals surface area contributed by atoms with Gasteiger partial charge in [-0.15, -0.1) is 0 Å². The van der Waals surface area contributed by atoms with Crippen LogP contribution in [-0.4, -0.2) is 22.2 Å². The fourth-order valence-electron chi connectivity index (χ4n) is 2.61. The molecule has 0 aliphatic carbocycles. The minimum Gasteiger partial charge on any atom is -0.313 e. The molecule has 0 radical (unpaired) electrons. The molecule has 4 nitrogen and oxygen atoms in total. The van der Waals surface area contributed by atoms with Gasteiger partial charge in [-0.1, -0.05) is 18.2 Å². The second-order valence-corrected chi connectivity index (χ2v) is 4.50. The van der Waals surface area contributed by atoms with Crippen LogP contribution in [0.15, 0.2) is 35.1 Å². The monoisotopic (exact) mass is 243 g/mol. The van der Waals surface area contributed by atoms with Crippen LogP contribution in [-0.2, 0) is 6.54 Å². The van der Waals surface area contributed by atoms with Crippen molar-refractivity contribution in [2.75, 3.05) is 13.1 Å². The van der Waals surface area contributed by atoms with Gasteiger partial charge in [0.15, 0.2) is 0 Å². The Morgan fingerprint density at radius 1 is 1.28 bits per heavy atom. The lowest BCUT2D eigenvalue weighted by atomic mass is 10.2. The summed E-state index contributed by atoms with van der Waals surface area (Å²) in [5, 5.41) is 3.27. The largest absolute Gasteiger partial charge is 0.333 e. The average molecular weight is 243 g/mol. The zero-order valence-corrected chi connectivity index (χ0v) is 10.5. The molecule has 1 aliphatic heterocycles. The van der Waals surface area contributed by atoms with Gasteiger partial charge >= 0.3 is 5.69 Å². The smallest absolute Gasteiger partial charge is 0.313 e. The van der Waals surface area contributed by atoms with E-state index in [-0.39, 0.29) is 5.69 Å². The molecule has 94 valence electrons. The molecule has 0 amide bonds. The Morgan fingerprint density at radius 2 is 2.06 bits per heavy atom. The third-order valence-corrected chi connectivity index (χ3v) is 3.48. The minimum absolute atomic E-state index is 0.0758. The lowest BCUT2D eigenvalue weighted by molar-refractivity contribution is 0.696. The molecular formula is C14H17N3O. The summed E-state index contributed by atoms with van der Waals surface area (Å²) in [6.07, 6.45) is 3.01. The van der Waals surface area contributed by atoms with Gasteiger partial charge in [-0.05, 0) is 19.1 Å². The van der Waals surface area contributed by atoms with Crippen LogP contribution in [0.2, 0.25) is 0 Å². The number of imidazole rings is 1. The third kappa shape index (κ3) is 1.61. The summed E-state index contributed by atoms with van der Waals surface area (Å²) < 4.78 is 3.69. The number of nitrogens with zero attached hydrogens (tertiary/aromatic N) is 2. The Morgan fingerprint density at radius 3 is 2.72 bits per heavy atom. The first-order chi connectivity index (χ1) is 8.83. The quantitative estimate of drug-likeness (QED) is 0.871. The van der Waals surface area contributed by atoms with Crippen LogP contribution in [0.3, 0.4) is 0 Å². The van der Waals surface area contributed by atoms with Crippen LogP contribution >= 0.6 is 0 Å². The lowest BCUT2D eigenvalue weighted by Crippen LogP contribution is -2.28. The average Bonchev–Trinajstić information content (AvgIpc) is 2.71. The number of hydrogen-bond acceptors (Lipinski definition) is 2. The molecule has 2 aromatic rings. The summed E-state index contributed by atoms with van der Waals surface area (Å²) in [5.41, 5.74) is 3.22. The van der Waals surface area contributed by atoms with E-state index < -0.39 is 0 Å². The molecule has 18 heavy (non-hydrogen) atoms. The first-order valence-electron chi connectivity index (χ1n) is 6.43. The molecule has 2 heterocycles. The van der Waals surface area contributed by atoms with Crippen molar-refractivity contribution < 1.29 is 0 Å². The molecule has 0 saturated carbocycles. The third-order valence-electron chi connectivity index (χ3n) is 3.48. The van der Waals surface area contributed by atoms with Gasteiger partial charge < -0.3 is 5.32 Å². The van der Waals surface area contributed by atoms with Crippen LogP contribution in [0, 0.1) is 0 Å². The SMILES string of the molecule is CCn1c(=O)n(C2=CCNCC2)c2ccccc21. The first kappa shape index (κ1) is 11.3. The van der Waals surface area contributed by atoms with Gasteiger partial charge in [0.05, 0.1) is 11.0 Å². The molecule has 1 aliphatic rings. The molecule has 0 unspecified atom stereocenters. The van der Waals surface area contributed by atoms with Gasteiger partial charge in [0, 0.05) is 31.8 Å². The van der Waals surface area contributed by atoms with E-state index in [1.54, 1.807) is 0 Å². The van der Waals surface area contributed by atoms with E-state index in [1.165, 1.54) is 0 Å². The van der Waals surface area contributed by atoms with E-state index in [2.05, 4.69) is 11.4 Å². The van der Waals surface area contributed by atoms with E-state index in [0.717, 1.165) is 36.2 Å². The molecule has 0 spiro atoms. The van der Waals surface area contributed by atoms with Crippen molar-refractivity contribution in [3.63, 3.8) is 0 Å². The number of para-hydroxylation sites is 2. The highest BCUT2D eigenvalue weighted by Gasteiger charge is 2.15. The Kier molecular flexibility index (Phi) is 2.80. The second kappa shape index (κ2) is 4.46.